The molecule has 3 heteroatoms. The summed E-state index contributed by atoms with van der Waals surface area (Å²) in [5.74, 6) is 0. The topological polar surface area (TPSA) is 15.3 Å². The van der Waals surface area contributed by atoms with E-state index < -0.39 is 0 Å². The summed E-state index contributed by atoms with van der Waals surface area (Å²) >= 11 is 3.68. The van der Waals surface area contributed by atoms with Gasteiger partial charge in [0.15, 0.2) is 0 Å². The molecule has 2 aliphatic rings. The van der Waals surface area contributed by atoms with Gasteiger partial charge in [-0.3, -0.25) is 4.90 Å². The molecular formula is C17H25BrN2. The van der Waals surface area contributed by atoms with Gasteiger partial charge in [0.25, 0.3) is 0 Å². The SMILES string of the molecule is CC(CNC1CCc2c(Br)cccc21)N1CCCCC1. The fourth-order valence-corrected chi connectivity index (χ4v) is 4.20. The Hall–Kier alpha value is -0.380. The van der Waals surface area contributed by atoms with Crippen LogP contribution in [0.5, 0.6) is 0 Å². The summed E-state index contributed by atoms with van der Waals surface area (Å²) in [5.41, 5.74) is 3.01. The van der Waals surface area contributed by atoms with Crippen LogP contribution in [-0.4, -0.2) is 30.6 Å². The van der Waals surface area contributed by atoms with Crippen molar-refractivity contribution in [2.75, 3.05) is 19.6 Å². The highest BCUT2D eigenvalue weighted by molar-refractivity contribution is 9.10. The Kier molecular flexibility index (Phi) is 4.79. The van der Waals surface area contributed by atoms with E-state index >= 15 is 0 Å². The van der Waals surface area contributed by atoms with Gasteiger partial charge in [-0.25, -0.2) is 0 Å². The maximum absolute atomic E-state index is 3.80. The van der Waals surface area contributed by atoms with Gasteiger partial charge >= 0.3 is 0 Å². The van der Waals surface area contributed by atoms with Crippen molar-refractivity contribution >= 4 is 15.9 Å². The fourth-order valence-electron chi connectivity index (χ4n) is 3.62. The van der Waals surface area contributed by atoms with Gasteiger partial charge in [0.05, 0.1) is 0 Å². The molecule has 1 aromatic carbocycles. The molecule has 1 aliphatic carbocycles. The molecule has 1 N–H and O–H groups in total. The Morgan fingerprint density at radius 1 is 1.30 bits per heavy atom. The molecule has 0 bridgehead atoms. The molecule has 1 aliphatic heterocycles. The third-order valence-electron chi connectivity index (χ3n) is 4.89. The summed E-state index contributed by atoms with van der Waals surface area (Å²) in [6.07, 6.45) is 6.62. The summed E-state index contributed by atoms with van der Waals surface area (Å²) in [4.78, 5) is 2.65. The van der Waals surface area contributed by atoms with Gasteiger partial charge in [-0.1, -0.05) is 34.5 Å². The first-order valence-electron chi connectivity index (χ1n) is 8.00. The number of hydrogen-bond donors (Lipinski definition) is 1. The summed E-state index contributed by atoms with van der Waals surface area (Å²) < 4.78 is 1.28. The lowest BCUT2D eigenvalue weighted by atomic mass is 10.1. The van der Waals surface area contributed by atoms with Gasteiger partial charge in [0.1, 0.15) is 0 Å². The maximum Gasteiger partial charge on any atom is 0.0327 e. The molecule has 0 saturated carbocycles. The van der Waals surface area contributed by atoms with Gasteiger partial charge in [-0.05, 0) is 62.9 Å². The average molecular weight is 337 g/mol. The number of benzene rings is 1. The van der Waals surface area contributed by atoms with Gasteiger partial charge in [-0.15, -0.1) is 0 Å². The highest BCUT2D eigenvalue weighted by Gasteiger charge is 2.25. The number of rotatable bonds is 4. The van der Waals surface area contributed by atoms with Crippen LogP contribution < -0.4 is 5.32 Å². The summed E-state index contributed by atoms with van der Waals surface area (Å²) in [7, 11) is 0. The number of nitrogens with zero attached hydrogens (tertiary/aromatic N) is 1. The van der Waals surface area contributed by atoms with Crippen LogP contribution in [0.2, 0.25) is 0 Å². The average Bonchev–Trinajstić information content (AvgIpc) is 2.90. The van der Waals surface area contributed by atoms with E-state index in [2.05, 4.69) is 51.3 Å². The lowest BCUT2D eigenvalue weighted by Gasteiger charge is -2.33. The van der Waals surface area contributed by atoms with Crippen LogP contribution in [0.15, 0.2) is 22.7 Å². The molecule has 1 saturated heterocycles. The van der Waals surface area contributed by atoms with E-state index in [0.717, 1.165) is 6.54 Å². The van der Waals surface area contributed by atoms with E-state index in [4.69, 9.17) is 0 Å². The predicted octanol–water partition coefficient (Wildman–Crippen LogP) is 3.90. The molecule has 1 heterocycles. The molecule has 1 aromatic rings. The predicted molar refractivity (Wildman–Crippen MR) is 88.1 cm³/mol. The summed E-state index contributed by atoms with van der Waals surface area (Å²) in [6, 6.07) is 7.83. The molecule has 3 rings (SSSR count). The van der Waals surface area contributed by atoms with E-state index in [1.54, 1.807) is 0 Å². The number of likely N-dealkylation sites (tertiary alicyclic amines) is 1. The summed E-state index contributed by atoms with van der Waals surface area (Å²) in [6.45, 7) is 6.05. The van der Waals surface area contributed by atoms with E-state index in [9.17, 15) is 0 Å². The first-order chi connectivity index (χ1) is 9.75. The molecule has 0 spiro atoms. The third kappa shape index (κ3) is 3.10. The molecule has 0 aromatic heterocycles. The molecule has 20 heavy (non-hydrogen) atoms. The normalized spacial score (nSPS) is 24.6. The van der Waals surface area contributed by atoms with Crippen molar-refractivity contribution in [1.29, 1.82) is 0 Å². The smallest absolute Gasteiger partial charge is 0.0327 e. The molecule has 2 nitrogen and oxygen atoms in total. The van der Waals surface area contributed by atoms with Crippen molar-refractivity contribution in [1.82, 2.24) is 10.2 Å². The third-order valence-corrected chi connectivity index (χ3v) is 5.63. The van der Waals surface area contributed by atoms with E-state index in [0.29, 0.717) is 12.1 Å². The Morgan fingerprint density at radius 3 is 2.90 bits per heavy atom. The second-order valence-electron chi connectivity index (χ2n) is 6.25. The van der Waals surface area contributed by atoms with Crippen LogP contribution in [-0.2, 0) is 6.42 Å². The van der Waals surface area contributed by atoms with E-state index in [-0.39, 0.29) is 0 Å². The number of hydrogen-bond acceptors (Lipinski definition) is 2. The van der Waals surface area contributed by atoms with Gasteiger partial charge in [0, 0.05) is 23.1 Å². The Morgan fingerprint density at radius 2 is 2.10 bits per heavy atom. The van der Waals surface area contributed by atoms with Crippen LogP contribution in [0.4, 0.5) is 0 Å². The van der Waals surface area contributed by atoms with Crippen molar-refractivity contribution in [3.05, 3.63) is 33.8 Å². The Labute approximate surface area is 131 Å². The van der Waals surface area contributed by atoms with E-state index in [1.165, 1.54) is 60.8 Å². The monoisotopic (exact) mass is 336 g/mol. The first-order valence-corrected chi connectivity index (χ1v) is 8.79. The molecule has 2 unspecified atom stereocenters. The van der Waals surface area contributed by atoms with Crippen LogP contribution in [0, 0.1) is 0 Å². The lowest BCUT2D eigenvalue weighted by molar-refractivity contribution is 0.168. The van der Waals surface area contributed by atoms with Crippen molar-refractivity contribution < 1.29 is 0 Å². The highest BCUT2D eigenvalue weighted by atomic mass is 79.9. The second kappa shape index (κ2) is 6.59. The molecular weight excluding hydrogens is 312 g/mol. The Bertz CT molecular complexity index is 454. The van der Waals surface area contributed by atoms with Gasteiger partial charge in [-0.2, -0.15) is 0 Å². The minimum Gasteiger partial charge on any atom is -0.308 e. The van der Waals surface area contributed by atoms with Crippen molar-refractivity contribution in [2.45, 2.75) is 51.1 Å². The minimum atomic E-state index is 0.551. The minimum absolute atomic E-state index is 0.551. The second-order valence-corrected chi connectivity index (χ2v) is 7.11. The molecule has 0 radical (unpaired) electrons. The maximum atomic E-state index is 3.80. The zero-order valence-electron chi connectivity index (χ0n) is 12.4. The number of fused-ring (bicyclic) bond motifs is 1. The van der Waals surface area contributed by atoms with Crippen molar-refractivity contribution in [3.8, 4) is 0 Å². The lowest BCUT2D eigenvalue weighted by Crippen LogP contribution is -2.43. The number of halogens is 1. The van der Waals surface area contributed by atoms with Crippen LogP contribution in [0.25, 0.3) is 0 Å². The quantitative estimate of drug-likeness (QED) is 0.896. The van der Waals surface area contributed by atoms with Crippen LogP contribution in [0.3, 0.4) is 0 Å². The fraction of sp³-hybridized carbons (Fsp3) is 0.647. The Balaban J connectivity index is 1.56. The number of nitrogens with one attached hydrogen (secondary N) is 1. The first kappa shape index (κ1) is 14.6. The largest absolute Gasteiger partial charge is 0.308 e. The van der Waals surface area contributed by atoms with Crippen molar-refractivity contribution in [2.24, 2.45) is 0 Å². The number of piperidine rings is 1. The van der Waals surface area contributed by atoms with Crippen molar-refractivity contribution in [3.63, 3.8) is 0 Å². The molecule has 1 fully saturated rings. The zero-order valence-corrected chi connectivity index (χ0v) is 14.0. The molecule has 110 valence electrons. The molecule has 0 amide bonds. The highest BCUT2D eigenvalue weighted by Crippen LogP contribution is 2.35. The van der Waals surface area contributed by atoms with Crippen LogP contribution in [0.1, 0.15) is 49.8 Å². The molecule has 2 atom stereocenters. The zero-order chi connectivity index (χ0) is 13.9. The standard InChI is InChI=1S/C17H25BrN2/c1-13(20-10-3-2-4-11-20)12-19-17-9-8-14-15(17)6-5-7-16(14)18/h5-7,13,17,19H,2-4,8-12H2,1H3. The van der Waals surface area contributed by atoms with Gasteiger partial charge < -0.3 is 5.32 Å². The summed E-state index contributed by atoms with van der Waals surface area (Å²) in [5, 5.41) is 3.80. The van der Waals surface area contributed by atoms with Crippen LogP contribution >= 0.6 is 15.9 Å². The van der Waals surface area contributed by atoms with Gasteiger partial charge in [0.2, 0.25) is 0 Å². The van der Waals surface area contributed by atoms with E-state index in [1.807, 2.05) is 0 Å².